The molecule has 0 bridgehead atoms. The van der Waals surface area contributed by atoms with Crippen molar-refractivity contribution in [2.24, 2.45) is 0 Å². The molecule has 0 N–H and O–H groups in total. The van der Waals surface area contributed by atoms with Crippen LogP contribution in [0.2, 0.25) is 0 Å². The Hall–Kier alpha value is -1.14. The van der Waals surface area contributed by atoms with Gasteiger partial charge >= 0.3 is 5.69 Å². The van der Waals surface area contributed by atoms with Gasteiger partial charge in [0.25, 0.3) is 0 Å². The number of aryl methyl sites for hydroxylation is 1. The minimum absolute atomic E-state index is 0.0398. The Labute approximate surface area is 117 Å². The molecule has 0 aliphatic rings. The van der Waals surface area contributed by atoms with Gasteiger partial charge in [0, 0.05) is 18.9 Å². The molecule has 4 nitrogen and oxygen atoms in total. The lowest BCUT2D eigenvalue weighted by Crippen LogP contribution is -2.26. The Morgan fingerprint density at radius 2 is 2.06 bits per heavy atom. The molecule has 2 rings (SSSR count). The first-order chi connectivity index (χ1) is 8.61. The van der Waals surface area contributed by atoms with E-state index in [9.17, 15) is 9.59 Å². The number of carbonyl (C=O) groups is 1. The molecular weight excluding hydrogens is 316 g/mol. The average Bonchev–Trinajstić information content (AvgIpc) is 2.90. The van der Waals surface area contributed by atoms with Crippen LogP contribution >= 0.6 is 27.3 Å². The van der Waals surface area contributed by atoms with Gasteiger partial charge in [-0.15, -0.1) is 11.3 Å². The summed E-state index contributed by atoms with van der Waals surface area (Å²) in [5, 5.41) is 0. The maximum Gasteiger partial charge on any atom is 0.328 e. The van der Waals surface area contributed by atoms with Crippen LogP contribution in [-0.2, 0) is 13.1 Å². The summed E-state index contributed by atoms with van der Waals surface area (Å²) in [5.41, 5.74) is -0.124. The highest BCUT2D eigenvalue weighted by Crippen LogP contribution is 2.22. The zero-order valence-electron chi connectivity index (χ0n) is 9.93. The molecule has 2 aromatic heterocycles. The van der Waals surface area contributed by atoms with Crippen molar-refractivity contribution < 1.29 is 4.79 Å². The molecule has 0 spiro atoms. The Morgan fingerprint density at radius 3 is 2.67 bits per heavy atom. The van der Waals surface area contributed by atoms with E-state index in [4.69, 9.17) is 0 Å². The molecule has 0 saturated carbocycles. The summed E-state index contributed by atoms with van der Waals surface area (Å²) in [4.78, 5) is 24.5. The number of Topliss-reactive ketones (excluding diaryl/α,β-unsaturated/α-hetero) is 1. The number of thiophene rings is 1. The summed E-state index contributed by atoms with van der Waals surface area (Å²) in [6.07, 6.45) is 4.29. The third kappa shape index (κ3) is 2.81. The summed E-state index contributed by atoms with van der Waals surface area (Å²) in [6, 6.07) is 3.61. The standard InChI is InChI=1S/C12H13BrN2O2S/c1-2-5-14-6-7-15(12(14)17)8-9(16)10-3-4-11(13)18-10/h3-4,6-7H,2,5,8H2,1H3. The number of carbonyl (C=O) groups excluding carboxylic acids is 1. The van der Waals surface area contributed by atoms with Crippen molar-refractivity contribution in [1.29, 1.82) is 0 Å². The van der Waals surface area contributed by atoms with Crippen molar-refractivity contribution in [3.8, 4) is 0 Å². The molecule has 0 fully saturated rings. The molecule has 2 aromatic rings. The molecule has 0 atom stereocenters. The Morgan fingerprint density at radius 1 is 1.33 bits per heavy atom. The summed E-state index contributed by atoms with van der Waals surface area (Å²) >= 11 is 4.70. The first kappa shape index (κ1) is 13.3. The van der Waals surface area contributed by atoms with Crippen molar-refractivity contribution in [3.05, 3.63) is 43.7 Å². The van der Waals surface area contributed by atoms with E-state index in [-0.39, 0.29) is 18.0 Å². The van der Waals surface area contributed by atoms with Gasteiger partial charge in [-0.1, -0.05) is 6.92 Å². The number of rotatable bonds is 5. The predicted octanol–water partition coefficient (Wildman–Crippen LogP) is 2.77. The summed E-state index contributed by atoms with van der Waals surface area (Å²) in [7, 11) is 0. The number of nitrogens with zero attached hydrogens (tertiary/aromatic N) is 2. The van der Waals surface area contributed by atoms with E-state index < -0.39 is 0 Å². The Bertz CT molecular complexity index is 612. The lowest BCUT2D eigenvalue weighted by atomic mass is 10.3. The SMILES string of the molecule is CCCn1ccn(CC(=O)c2ccc(Br)s2)c1=O. The highest BCUT2D eigenvalue weighted by Gasteiger charge is 2.11. The first-order valence-corrected chi connectivity index (χ1v) is 7.27. The van der Waals surface area contributed by atoms with Crippen LogP contribution in [0.25, 0.3) is 0 Å². The highest BCUT2D eigenvalue weighted by molar-refractivity contribution is 9.11. The van der Waals surface area contributed by atoms with Gasteiger partial charge in [-0.2, -0.15) is 0 Å². The van der Waals surface area contributed by atoms with Crippen LogP contribution in [0.1, 0.15) is 23.0 Å². The Balaban J connectivity index is 2.15. The smallest absolute Gasteiger partial charge is 0.299 e. The molecule has 0 aliphatic carbocycles. The third-order valence-corrected chi connectivity index (χ3v) is 4.21. The maximum absolute atomic E-state index is 12.0. The minimum Gasteiger partial charge on any atom is -0.299 e. The second-order valence-electron chi connectivity index (χ2n) is 3.93. The third-order valence-electron chi connectivity index (χ3n) is 2.54. The number of aromatic nitrogens is 2. The summed E-state index contributed by atoms with van der Waals surface area (Å²) in [6.45, 7) is 2.80. The molecule has 0 aliphatic heterocycles. The zero-order valence-corrected chi connectivity index (χ0v) is 12.3. The van der Waals surface area contributed by atoms with Gasteiger partial charge in [-0.3, -0.25) is 13.9 Å². The van der Waals surface area contributed by atoms with E-state index in [1.54, 1.807) is 23.0 Å². The summed E-state index contributed by atoms with van der Waals surface area (Å²) in [5.74, 6) is -0.0398. The molecule has 6 heteroatoms. The minimum atomic E-state index is -0.124. The quantitative estimate of drug-likeness (QED) is 0.792. The van der Waals surface area contributed by atoms with E-state index in [0.29, 0.717) is 11.4 Å². The van der Waals surface area contributed by atoms with Gasteiger partial charge in [0.15, 0.2) is 5.78 Å². The van der Waals surface area contributed by atoms with Crippen molar-refractivity contribution in [2.75, 3.05) is 0 Å². The number of halogens is 1. The predicted molar refractivity (Wildman–Crippen MR) is 75.3 cm³/mol. The fourth-order valence-corrected chi connectivity index (χ4v) is 3.00. The number of ketones is 1. The van der Waals surface area contributed by atoms with Gasteiger partial charge in [-0.25, -0.2) is 4.79 Å². The topological polar surface area (TPSA) is 44.0 Å². The van der Waals surface area contributed by atoms with Crippen molar-refractivity contribution in [3.63, 3.8) is 0 Å². The molecule has 0 unspecified atom stereocenters. The first-order valence-electron chi connectivity index (χ1n) is 5.66. The summed E-state index contributed by atoms with van der Waals surface area (Å²) < 4.78 is 3.99. The molecule has 96 valence electrons. The van der Waals surface area contributed by atoms with E-state index in [0.717, 1.165) is 10.2 Å². The molecule has 0 amide bonds. The van der Waals surface area contributed by atoms with Crippen LogP contribution in [0.4, 0.5) is 0 Å². The lowest BCUT2D eigenvalue weighted by Gasteiger charge is -1.99. The Kier molecular flexibility index (Phi) is 4.19. The second-order valence-corrected chi connectivity index (χ2v) is 6.39. The largest absolute Gasteiger partial charge is 0.328 e. The molecule has 0 saturated heterocycles. The normalized spacial score (nSPS) is 10.8. The van der Waals surface area contributed by atoms with Crippen LogP contribution < -0.4 is 5.69 Å². The average molecular weight is 329 g/mol. The highest BCUT2D eigenvalue weighted by atomic mass is 79.9. The van der Waals surface area contributed by atoms with Gasteiger partial charge in [0.2, 0.25) is 0 Å². The van der Waals surface area contributed by atoms with Gasteiger partial charge in [0.05, 0.1) is 15.2 Å². The van der Waals surface area contributed by atoms with Crippen molar-refractivity contribution in [2.45, 2.75) is 26.4 Å². The number of hydrogen-bond acceptors (Lipinski definition) is 3. The monoisotopic (exact) mass is 328 g/mol. The lowest BCUT2D eigenvalue weighted by molar-refractivity contribution is 0.0974. The molecular formula is C12H13BrN2O2S. The second kappa shape index (κ2) is 5.67. The van der Waals surface area contributed by atoms with E-state index >= 15 is 0 Å². The van der Waals surface area contributed by atoms with Gasteiger partial charge in [-0.05, 0) is 34.5 Å². The van der Waals surface area contributed by atoms with E-state index in [2.05, 4.69) is 15.9 Å². The number of imidazole rings is 1. The molecule has 0 radical (unpaired) electrons. The van der Waals surface area contributed by atoms with E-state index in [1.165, 1.54) is 15.9 Å². The van der Waals surface area contributed by atoms with Crippen LogP contribution in [0, 0.1) is 0 Å². The van der Waals surface area contributed by atoms with Crippen LogP contribution in [-0.4, -0.2) is 14.9 Å². The maximum atomic E-state index is 12.0. The number of hydrogen-bond donors (Lipinski definition) is 0. The van der Waals surface area contributed by atoms with Crippen LogP contribution in [0.5, 0.6) is 0 Å². The zero-order chi connectivity index (χ0) is 13.1. The molecule has 18 heavy (non-hydrogen) atoms. The van der Waals surface area contributed by atoms with Crippen molar-refractivity contribution in [1.82, 2.24) is 9.13 Å². The van der Waals surface area contributed by atoms with Crippen LogP contribution in [0.3, 0.4) is 0 Å². The molecule has 0 aromatic carbocycles. The molecule has 2 heterocycles. The fraction of sp³-hybridized carbons (Fsp3) is 0.333. The van der Waals surface area contributed by atoms with Gasteiger partial charge < -0.3 is 0 Å². The van der Waals surface area contributed by atoms with Crippen molar-refractivity contribution >= 4 is 33.0 Å². The fourth-order valence-electron chi connectivity index (χ4n) is 1.68. The van der Waals surface area contributed by atoms with Gasteiger partial charge in [0.1, 0.15) is 0 Å². The van der Waals surface area contributed by atoms with E-state index in [1.807, 2.05) is 13.0 Å². The van der Waals surface area contributed by atoms with Crippen LogP contribution in [0.15, 0.2) is 33.1 Å².